The van der Waals surface area contributed by atoms with Crippen LogP contribution in [0.5, 0.6) is 5.75 Å². The number of carbonyl (C=O) groups excluding carboxylic acids is 3. The Labute approximate surface area is 193 Å². The van der Waals surface area contributed by atoms with Crippen molar-refractivity contribution in [2.24, 2.45) is 0 Å². The highest BCUT2D eigenvalue weighted by Gasteiger charge is 2.36. The van der Waals surface area contributed by atoms with Gasteiger partial charge in [0.2, 0.25) is 0 Å². The number of imide groups is 1. The largest absolute Gasteiger partial charge is 0.482 e. The number of thioether (sulfide) groups is 1. The first-order chi connectivity index (χ1) is 15.5. The molecule has 160 valence electrons. The molecule has 6 nitrogen and oxygen atoms in total. The number of ether oxygens (including phenoxy) is 1. The van der Waals surface area contributed by atoms with Crippen molar-refractivity contribution in [3.63, 3.8) is 0 Å². The zero-order valence-electron chi connectivity index (χ0n) is 16.7. The summed E-state index contributed by atoms with van der Waals surface area (Å²) in [6, 6.07) is 22.7. The molecule has 1 fully saturated rings. The van der Waals surface area contributed by atoms with Crippen molar-refractivity contribution in [3.05, 3.63) is 94.4 Å². The van der Waals surface area contributed by atoms with Crippen LogP contribution in [0.2, 0.25) is 5.02 Å². The summed E-state index contributed by atoms with van der Waals surface area (Å²) in [5.74, 6) is -0.365. The van der Waals surface area contributed by atoms with Gasteiger partial charge < -0.3 is 10.1 Å². The van der Waals surface area contributed by atoms with Gasteiger partial charge in [0.15, 0.2) is 6.61 Å². The van der Waals surface area contributed by atoms with Crippen molar-refractivity contribution >= 4 is 57.9 Å². The zero-order chi connectivity index (χ0) is 22.5. The van der Waals surface area contributed by atoms with E-state index in [1.54, 1.807) is 60.7 Å². The second-order valence-corrected chi connectivity index (χ2v) is 8.15. The number of hydrogen-bond donors (Lipinski definition) is 1. The maximum atomic E-state index is 12.7. The first kappa shape index (κ1) is 21.7. The Kier molecular flexibility index (Phi) is 6.58. The van der Waals surface area contributed by atoms with Gasteiger partial charge in [0.05, 0.1) is 15.6 Å². The minimum atomic E-state index is -0.389. The van der Waals surface area contributed by atoms with Crippen LogP contribution in [-0.4, -0.2) is 23.7 Å². The van der Waals surface area contributed by atoms with Gasteiger partial charge in [-0.25, -0.2) is 4.90 Å². The number of benzene rings is 3. The summed E-state index contributed by atoms with van der Waals surface area (Å²) in [6.45, 7) is -0.204. The fourth-order valence-electron chi connectivity index (χ4n) is 3.00. The summed E-state index contributed by atoms with van der Waals surface area (Å²) in [7, 11) is 0. The zero-order valence-corrected chi connectivity index (χ0v) is 18.2. The normalized spacial score (nSPS) is 14.7. The van der Waals surface area contributed by atoms with E-state index in [2.05, 4.69) is 5.32 Å². The minimum absolute atomic E-state index is 0.204. The number of hydrogen-bond acceptors (Lipinski definition) is 5. The number of para-hydroxylation sites is 2. The first-order valence-electron chi connectivity index (χ1n) is 9.61. The lowest BCUT2D eigenvalue weighted by atomic mass is 10.2. The van der Waals surface area contributed by atoms with E-state index in [9.17, 15) is 14.4 Å². The van der Waals surface area contributed by atoms with E-state index in [1.165, 1.54) is 0 Å². The molecule has 0 radical (unpaired) electrons. The molecule has 1 heterocycles. The molecule has 0 bridgehead atoms. The summed E-state index contributed by atoms with van der Waals surface area (Å²) < 4.78 is 5.51. The molecule has 3 aromatic rings. The second-order valence-electron chi connectivity index (χ2n) is 6.75. The van der Waals surface area contributed by atoms with Crippen LogP contribution in [0.3, 0.4) is 0 Å². The van der Waals surface area contributed by atoms with Gasteiger partial charge in [-0.05, 0) is 59.8 Å². The van der Waals surface area contributed by atoms with Crippen LogP contribution in [0, 0.1) is 0 Å². The molecular formula is C24H17ClN2O4S. The van der Waals surface area contributed by atoms with E-state index >= 15 is 0 Å². The molecule has 0 aliphatic carbocycles. The maximum absolute atomic E-state index is 12.7. The smallest absolute Gasteiger partial charge is 0.298 e. The molecule has 3 amide bonds. The molecule has 0 atom stereocenters. The average molecular weight is 465 g/mol. The lowest BCUT2D eigenvalue weighted by Gasteiger charge is -2.11. The lowest BCUT2D eigenvalue weighted by Crippen LogP contribution is -2.27. The fraction of sp³-hybridized carbons (Fsp3) is 0.0417. The van der Waals surface area contributed by atoms with Gasteiger partial charge in [-0.3, -0.25) is 14.4 Å². The van der Waals surface area contributed by atoms with Gasteiger partial charge in [-0.15, -0.1) is 0 Å². The molecule has 1 aliphatic heterocycles. The predicted octanol–water partition coefficient (Wildman–Crippen LogP) is 5.60. The van der Waals surface area contributed by atoms with Crippen LogP contribution in [0.25, 0.3) is 6.08 Å². The van der Waals surface area contributed by atoms with E-state index in [-0.39, 0.29) is 28.7 Å². The predicted molar refractivity (Wildman–Crippen MR) is 127 cm³/mol. The van der Waals surface area contributed by atoms with Crippen LogP contribution in [-0.2, 0) is 9.59 Å². The number of nitrogens with one attached hydrogen (secondary N) is 1. The molecule has 1 aliphatic rings. The first-order valence-corrected chi connectivity index (χ1v) is 10.8. The molecular weight excluding hydrogens is 448 g/mol. The maximum Gasteiger partial charge on any atom is 0.298 e. The lowest BCUT2D eigenvalue weighted by molar-refractivity contribution is -0.118. The third-order valence-corrected chi connectivity index (χ3v) is 5.64. The Morgan fingerprint density at radius 1 is 1.00 bits per heavy atom. The SMILES string of the molecule is O=C(COc1ccc(C=C2SC(=O)N(c3ccccc3)C2=O)cc1Cl)Nc1ccccc1. The number of carbonyl (C=O) groups is 3. The molecule has 0 aromatic heterocycles. The molecule has 8 heteroatoms. The number of rotatable bonds is 6. The van der Waals surface area contributed by atoms with Gasteiger partial charge in [-0.1, -0.05) is 54.1 Å². The van der Waals surface area contributed by atoms with E-state index < -0.39 is 0 Å². The van der Waals surface area contributed by atoms with Crippen molar-refractivity contribution < 1.29 is 19.1 Å². The summed E-state index contributed by atoms with van der Waals surface area (Å²) in [4.78, 5) is 38.5. The molecule has 3 aromatic carbocycles. The summed E-state index contributed by atoms with van der Waals surface area (Å²) >= 11 is 7.16. The Balaban J connectivity index is 1.42. The Hall–Kier alpha value is -3.55. The highest BCUT2D eigenvalue weighted by Crippen LogP contribution is 2.36. The number of amides is 3. The van der Waals surface area contributed by atoms with Crippen molar-refractivity contribution in [3.8, 4) is 5.75 Å². The van der Waals surface area contributed by atoms with Crippen molar-refractivity contribution in [1.82, 2.24) is 0 Å². The Morgan fingerprint density at radius 3 is 2.38 bits per heavy atom. The molecule has 0 spiro atoms. The van der Waals surface area contributed by atoms with Crippen LogP contribution < -0.4 is 15.0 Å². The monoisotopic (exact) mass is 464 g/mol. The Morgan fingerprint density at radius 2 is 1.69 bits per heavy atom. The third-order valence-electron chi connectivity index (χ3n) is 4.48. The summed E-state index contributed by atoms with van der Waals surface area (Å²) in [6.07, 6.45) is 1.60. The highest BCUT2D eigenvalue weighted by atomic mass is 35.5. The highest BCUT2D eigenvalue weighted by molar-refractivity contribution is 8.19. The van der Waals surface area contributed by atoms with Crippen LogP contribution in [0.1, 0.15) is 5.56 Å². The topological polar surface area (TPSA) is 75.7 Å². The van der Waals surface area contributed by atoms with E-state index in [4.69, 9.17) is 16.3 Å². The minimum Gasteiger partial charge on any atom is -0.482 e. The van der Waals surface area contributed by atoms with Crippen LogP contribution >= 0.6 is 23.4 Å². The molecule has 0 unspecified atom stereocenters. The van der Waals surface area contributed by atoms with Crippen molar-refractivity contribution in [2.45, 2.75) is 0 Å². The fourth-order valence-corrected chi connectivity index (χ4v) is 4.09. The molecule has 4 rings (SSSR count). The van der Waals surface area contributed by atoms with Gasteiger partial charge in [0.25, 0.3) is 17.1 Å². The van der Waals surface area contributed by atoms with Gasteiger partial charge in [-0.2, -0.15) is 0 Å². The Bertz CT molecular complexity index is 1200. The standard InChI is InChI=1S/C24H17ClN2O4S/c25-19-13-16(11-12-20(19)31-15-22(28)26-17-7-3-1-4-8-17)14-21-23(29)27(24(30)32-21)18-9-5-2-6-10-18/h1-14H,15H2,(H,26,28). The molecule has 1 N–H and O–H groups in total. The molecule has 1 saturated heterocycles. The van der Waals surface area contributed by atoms with Crippen LogP contribution in [0.4, 0.5) is 16.2 Å². The number of halogens is 1. The molecule has 0 saturated carbocycles. The van der Waals surface area contributed by atoms with Gasteiger partial charge in [0.1, 0.15) is 5.75 Å². The van der Waals surface area contributed by atoms with Crippen molar-refractivity contribution in [2.75, 3.05) is 16.8 Å². The molecule has 32 heavy (non-hydrogen) atoms. The van der Waals surface area contributed by atoms with Crippen molar-refractivity contribution in [1.29, 1.82) is 0 Å². The van der Waals surface area contributed by atoms with Crippen LogP contribution in [0.15, 0.2) is 83.8 Å². The quantitative estimate of drug-likeness (QED) is 0.480. The van der Waals surface area contributed by atoms with E-state index in [1.807, 2.05) is 24.3 Å². The second kappa shape index (κ2) is 9.72. The summed E-state index contributed by atoms with van der Waals surface area (Å²) in [5, 5.41) is 2.65. The van der Waals surface area contributed by atoms with Gasteiger partial charge >= 0.3 is 0 Å². The van der Waals surface area contributed by atoms with Gasteiger partial charge in [0, 0.05) is 5.69 Å². The summed E-state index contributed by atoms with van der Waals surface area (Å²) in [5.41, 5.74) is 1.83. The third kappa shape index (κ3) is 5.01. The van der Waals surface area contributed by atoms with E-state index in [0.29, 0.717) is 27.6 Å². The number of anilines is 2. The number of nitrogens with zero attached hydrogens (tertiary/aromatic N) is 1. The average Bonchev–Trinajstić information content (AvgIpc) is 3.07. The van der Waals surface area contributed by atoms with E-state index in [0.717, 1.165) is 16.7 Å².